The van der Waals surface area contributed by atoms with Crippen LogP contribution in [0.25, 0.3) is 0 Å². The number of nitrogens with zero attached hydrogens (tertiary/aromatic N) is 3. The molecule has 1 amide bonds. The van der Waals surface area contributed by atoms with Crippen molar-refractivity contribution in [3.8, 4) is 5.75 Å². The highest BCUT2D eigenvalue weighted by atomic mass is 35.5. The minimum atomic E-state index is 0.144. The molecule has 7 heteroatoms. The SMILES string of the molecule is CCCOCCC(=O)N1CCN2c3ncc(Cl)cc3OCC2C1. The molecular weight excluding hydrogens is 318 g/mol. The van der Waals surface area contributed by atoms with E-state index >= 15 is 0 Å². The smallest absolute Gasteiger partial charge is 0.225 e. The summed E-state index contributed by atoms with van der Waals surface area (Å²) in [6.45, 7) is 5.94. The zero-order valence-electron chi connectivity index (χ0n) is 13.3. The zero-order valence-corrected chi connectivity index (χ0v) is 14.1. The average Bonchev–Trinajstić information content (AvgIpc) is 2.57. The van der Waals surface area contributed by atoms with Crippen molar-refractivity contribution >= 4 is 23.3 Å². The number of amides is 1. The number of carbonyl (C=O) groups excluding carboxylic acids is 1. The van der Waals surface area contributed by atoms with E-state index in [1.54, 1.807) is 12.3 Å². The van der Waals surface area contributed by atoms with Crippen LogP contribution in [0.15, 0.2) is 12.3 Å². The Labute approximate surface area is 141 Å². The topological polar surface area (TPSA) is 54.9 Å². The van der Waals surface area contributed by atoms with Crippen molar-refractivity contribution in [1.82, 2.24) is 9.88 Å². The number of hydrogen-bond acceptors (Lipinski definition) is 5. The van der Waals surface area contributed by atoms with Crippen LogP contribution in [0, 0.1) is 0 Å². The van der Waals surface area contributed by atoms with E-state index in [2.05, 4.69) is 16.8 Å². The first-order valence-electron chi connectivity index (χ1n) is 8.09. The van der Waals surface area contributed by atoms with Gasteiger partial charge < -0.3 is 19.3 Å². The molecule has 23 heavy (non-hydrogen) atoms. The summed E-state index contributed by atoms with van der Waals surface area (Å²) < 4.78 is 11.2. The van der Waals surface area contributed by atoms with Crippen molar-refractivity contribution in [2.24, 2.45) is 0 Å². The minimum absolute atomic E-state index is 0.144. The predicted octanol–water partition coefficient (Wildman–Crippen LogP) is 1.96. The van der Waals surface area contributed by atoms with Gasteiger partial charge in [-0.15, -0.1) is 0 Å². The van der Waals surface area contributed by atoms with Gasteiger partial charge in [0.1, 0.15) is 6.61 Å². The number of aromatic nitrogens is 1. The molecule has 1 fully saturated rings. The Bertz CT molecular complexity index is 570. The summed E-state index contributed by atoms with van der Waals surface area (Å²) in [4.78, 5) is 20.8. The molecule has 0 radical (unpaired) electrons. The minimum Gasteiger partial charge on any atom is -0.487 e. The third-order valence-corrected chi connectivity index (χ3v) is 4.35. The molecule has 2 aliphatic rings. The number of ether oxygens (including phenoxy) is 2. The second-order valence-corrected chi connectivity index (χ2v) is 6.27. The fourth-order valence-corrected chi connectivity index (χ4v) is 3.14. The maximum Gasteiger partial charge on any atom is 0.225 e. The van der Waals surface area contributed by atoms with E-state index in [0.717, 1.165) is 24.5 Å². The number of carbonyl (C=O) groups is 1. The van der Waals surface area contributed by atoms with Gasteiger partial charge in [-0.25, -0.2) is 4.98 Å². The van der Waals surface area contributed by atoms with Crippen molar-refractivity contribution in [3.63, 3.8) is 0 Å². The standard InChI is InChI=1S/C16H22ClN3O3/c1-2-6-22-7-3-15(21)19-4-5-20-13(10-19)11-23-14-8-12(17)9-18-16(14)20/h8-9,13H,2-7,10-11H2,1H3. The van der Waals surface area contributed by atoms with Gasteiger partial charge in [0.2, 0.25) is 5.91 Å². The lowest BCUT2D eigenvalue weighted by Crippen LogP contribution is -2.58. The maximum atomic E-state index is 12.3. The zero-order chi connectivity index (χ0) is 16.2. The molecule has 126 valence electrons. The van der Waals surface area contributed by atoms with Crippen LogP contribution in [0.4, 0.5) is 5.82 Å². The molecule has 1 atom stereocenters. The first kappa shape index (κ1) is 16.3. The molecule has 0 aliphatic carbocycles. The van der Waals surface area contributed by atoms with Gasteiger partial charge in [-0.1, -0.05) is 18.5 Å². The van der Waals surface area contributed by atoms with E-state index in [9.17, 15) is 4.79 Å². The van der Waals surface area contributed by atoms with E-state index in [4.69, 9.17) is 21.1 Å². The Morgan fingerprint density at radius 3 is 3.17 bits per heavy atom. The molecule has 1 aromatic heterocycles. The molecule has 0 bridgehead atoms. The number of anilines is 1. The van der Waals surface area contributed by atoms with Crippen LogP contribution in [-0.2, 0) is 9.53 Å². The first-order valence-corrected chi connectivity index (χ1v) is 8.47. The third-order valence-electron chi connectivity index (χ3n) is 4.15. The maximum absolute atomic E-state index is 12.3. The Morgan fingerprint density at radius 1 is 1.48 bits per heavy atom. The van der Waals surface area contributed by atoms with Crippen LogP contribution in [0.1, 0.15) is 19.8 Å². The highest BCUT2D eigenvalue weighted by Gasteiger charge is 2.35. The molecular formula is C16H22ClN3O3. The summed E-state index contributed by atoms with van der Waals surface area (Å²) >= 11 is 5.96. The van der Waals surface area contributed by atoms with Crippen LogP contribution in [-0.4, -0.2) is 61.3 Å². The van der Waals surface area contributed by atoms with E-state index in [1.807, 2.05) is 4.90 Å². The molecule has 0 aromatic carbocycles. The highest BCUT2D eigenvalue weighted by molar-refractivity contribution is 6.30. The fraction of sp³-hybridized carbons (Fsp3) is 0.625. The average molecular weight is 340 g/mol. The van der Waals surface area contributed by atoms with E-state index < -0.39 is 0 Å². The van der Waals surface area contributed by atoms with Gasteiger partial charge in [-0.3, -0.25) is 4.79 Å². The lowest BCUT2D eigenvalue weighted by molar-refractivity contribution is -0.133. The number of piperazine rings is 1. The lowest BCUT2D eigenvalue weighted by Gasteiger charge is -2.44. The van der Waals surface area contributed by atoms with E-state index in [-0.39, 0.29) is 11.9 Å². The van der Waals surface area contributed by atoms with Crippen LogP contribution in [0.3, 0.4) is 0 Å². The first-order chi connectivity index (χ1) is 11.2. The molecule has 1 aromatic rings. The molecule has 1 unspecified atom stereocenters. The quantitative estimate of drug-likeness (QED) is 0.768. The van der Waals surface area contributed by atoms with Crippen molar-refractivity contribution in [3.05, 3.63) is 17.3 Å². The van der Waals surface area contributed by atoms with Gasteiger partial charge in [0, 0.05) is 38.5 Å². The lowest BCUT2D eigenvalue weighted by atomic mass is 10.1. The van der Waals surface area contributed by atoms with Crippen molar-refractivity contribution in [2.45, 2.75) is 25.8 Å². The Balaban J connectivity index is 1.58. The molecule has 2 aliphatic heterocycles. The molecule has 3 rings (SSSR count). The van der Waals surface area contributed by atoms with E-state index in [0.29, 0.717) is 44.4 Å². The van der Waals surface area contributed by atoms with Gasteiger partial charge in [0.25, 0.3) is 0 Å². The second-order valence-electron chi connectivity index (χ2n) is 5.84. The highest BCUT2D eigenvalue weighted by Crippen LogP contribution is 2.34. The fourth-order valence-electron chi connectivity index (χ4n) is 2.99. The summed E-state index contributed by atoms with van der Waals surface area (Å²) in [6, 6.07) is 1.94. The number of rotatable bonds is 5. The largest absolute Gasteiger partial charge is 0.487 e. The van der Waals surface area contributed by atoms with Crippen LogP contribution in [0.5, 0.6) is 5.75 Å². The molecule has 0 spiro atoms. The Morgan fingerprint density at radius 2 is 2.35 bits per heavy atom. The third kappa shape index (κ3) is 3.70. The normalized spacial score (nSPS) is 19.8. The van der Waals surface area contributed by atoms with E-state index in [1.165, 1.54) is 0 Å². The van der Waals surface area contributed by atoms with Crippen molar-refractivity contribution < 1.29 is 14.3 Å². The van der Waals surface area contributed by atoms with Gasteiger partial charge in [0.15, 0.2) is 11.6 Å². The van der Waals surface area contributed by atoms with Crippen LogP contribution in [0.2, 0.25) is 5.02 Å². The summed E-state index contributed by atoms with van der Waals surface area (Å²) in [5.41, 5.74) is 0. The van der Waals surface area contributed by atoms with Gasteiger partial charge in [-0.05, 0) is 6.42 Å². The summed E-state index contributed by atoms with van der Waals surface area (Å²) in [5, 5.41) is 0.572. The Hall–Kier alpha value is -1.53. The Kier molecular flexibility index (Phi) is 5.23. The number of halogens is 1. The second kappa shape index (κ2) is 7.36. The molecule has 3 heterocycles. The van der Waals surface area contributed by atoms with Gasteiger partial charge >= 0.3 is 0 Å². The summed E-state index contributed by atoms with van der Waals surface area (Å²) in [7, 11) is 0. The van der Waals surface area contributed by atoms with Crippen molar-refractivity contribution in [1.29, 1.82) is 0 Å². The van der Waals surface area contributed by atoms with Crippen LogP contribution < -0.4 is 9.64 Å². The predicted molar refractivity (Wildman–Crippen MR) is 88.2 cm³/mol. The number of fused-ring (bicyclic) bond motifs is 3. The summed E-state index contributed by atoms with van der Waals surface area (Å²) in [6.07, 6.45) is 3.05. The molecule has 0 saturated carbocycles. The summed E-state index contributed by atoms with van der Waals surface area (Å²) in [5.74, 6) is 1.70. The van der Waals surface area contributed by atoms with Crippen LogP contribution >= 0.6 is 11.6 Å². The number of pyridine rings is 1. The van der Waals surface area contributed by atoms with Crippen molar-refractivity contribution in [2.75, 3.05) is 44.4 Å². The van der Waals surface area contributed by atoms with Gasteiger partial charge in [0.05, 0.1) is 24.1 Å². The molecule has 6 nitrogen and oxygen atoms in total. The van der Waals surface area contributed by atoms with Gasteiger partial charge in [-0.2, -0.15) is 0 Å². The monoisotopic (exact) mass is 339 g/mol. The molecule has 1 saturated heterocycles. The molecule has 0 N–H and O–H groups in total. The number of hydrogen-bond donors (Lipinski definition) is 0.